The monoisotopic (exact) mass is 605 g/mol. The van der Waals surface area contributed by atoms with Gasteiger partial charge in [0.1, 0.15) is 12.4 Å². The molecule has 0 bridgehead atoms. The van der Waals surface area contributed by atoms with Gasteiger partial charge < -0.3 is 9.64 Å². The fourth-order valence-electron chi connectivity index (χ4n) is 4.88. The van der Waals surface area contributed by atoms with Gasteiger partial charge in [-0.3, -0.25) is 14.2 Å². The predicted octanol–water partition coefficient (Wildman–Crippen LogP) is 5.99. The van der Waals surface area contributed by atoms with Gasteiger partial charge in [-0.05, 0) is 56.7 Å². The number of amides is 1. The normalized spacial score (nSPS) is 15.0. The van der Waals surface area contributed by atoms with Gasteiger partial charge in [0.2, 0.25) is 0 Å². The summed E-state index contributed by atoms with van der Waals surface area (Å²) in [7, 11) is 0. The maximum atomic E-state index is 14.0. The van der Waals surface area contributed by atoms with E-state index in [-0.39, 0.29) is 11.5 Å². The van der Waals surface area contributed by atoms with Crippen molar-refractivity contribution in [3.8, 4) is 5.75 Å². The molecule has 0 saturated heterocycles. The van der Waals surface area contributed by atoms with Crippen molar-refractivity contribution in [1.29, 1.82) is 0 Å². The largest absolute Gasteiger partial charge is 0.488 e. The highest BCUT2D eigenvalue weighted by molar-refractivity contribution is 7.07. The maximum Gasteiger partial charge on any atom is 0.271 e. The number of rotatable bonds is 8. The Hall–Kier alpha value is -3.65. The number of fused-ring (bicyclic) bond motifs is 1. The Kier molecular flexibility index (Phi) is 8.78. The summed E-state index contributed by atoms with van der Waals surface area (Å²) < 4.78 is 8.23. The third-order valence-corrected chi connectivity index (χ3v) is 8.64. The molecule has 0 saturated carbocycles. The van der Waals surface area contributed by atoms with Crippen LogP contribution in [0.25, 0.3) is 6.08 Å². The molecule has 0 N–H and O–H groups in total. The lowest BCUT2D eigenvalue weighted by molar-refractivity contribution is -0.127. The van der Waals surface area contributed by atoms with Crippen LogP contribution < -0.4 is 19.6 Å². The highest BCUT2D eigenvalue weighted by Crippen LogP contribution is 2.32. The zero-order valence-electron chi connectivity index (χ0n) is 22.9. The zero-order chi connectivity index (χ0) is 29.1. The van der Waals surface area contributed by atoms with E-state index < -0.39 is 6.04 Å². The number of thiazole rings is 1. The third-order valence-electron chi connectivity index (χ3n) is 7.04. The molecule has 1 aliphatic rings. The van der Waals surface area contributed by atoms with E-state index in [1.165, 1.54) is 11.3 Å². The first-order valence-corrected chi connectivity index (χ1v) is 14.9. The average molecular weight is 607 g/mol. The Morgan fingerprint density at radius 1 is 1.02 bits per heavy atom. The summed E-state index contributed by atoms with van der Waals surface area (Å²) in [6, 6.07) is 21.7. The molecule has 0 unspecified atom stereocenters. The van der Waals surface area contributed by atoms with E-state index in [4.69, 9.17) is 32.9 Å². The number of nitrogens with zero attached hydrogens (tertiary/aromatic N) is 3. The second-order valence-electron chi connectivity index (χ2n) is 9.53. The average Bonchev–Trinajstić information content (AvgIpc) is 3.27. The molecule has 0 spiro atoms. The number of para-hydroxylation sites is 1. The number of likely N-dealkylation sites (N-methyl/N-ethyl adjacent to an activating group) is 1. The number of aromatic nitrogens is 1. The fraction of sp³-hybridized carbons (Fsp3) is 0.219. The van der Waals surface area contributed by atoms with Crippen molar-refractivity contribution in [2.45, 2.75) is 33.4 Å². The predicted molar refractivity (Wildman–Crippen MR) is 165 cm³/mol. The lowest BCUT2D eigenvalue weighted by Gasteiger charge is -2.29. The van der Waals surface area contributed by atoms with Crippen LogP contribution in [0.1, 0.15) is 43.5 Å². The molecule has 1 aromatic heterocycles. The van der Waals surface area contributed by atoms with E-state index in [1.54, 1.807) is 21.6 Å². The molecule has 0 fully saturated rings. The highest BCUT2D eigenvalue weighted by Gasteiger charge is 2.34. The number of ether oxygens (including phenoxy) is 1. The molecule has 6 nitrogen and oxygen atoms in total. The minimum atomic E-state index is -0.634. The van der Waals surface area contributed by atoms with Crippen LogP contribution >= 0.6 is 34.5 Å². The van der Waals surface area contributed by atoms with E-state index in [0.717, 1.165) is 16.7 Å². The number of halogens is 2. The number of hydrogen-bond donors (Lipinski definition) is 0. The van der Waals surface area contributed by atoms with E-state index in [1.807, 2.05) is 87.5 Å². The van der Waals surface area contributed by atoms with Crippen LogP contribution in [0.3, 0.4) is 0 Å². The summed E-state index contributed by atoms with van der Waals surface area (Å²) in [4.78, 5) is 34.8. The van der Waals surface area contributed by atoms with E-state index in [2.05, 4.69) is 0 Å². The van der Waals surface area contributed by atoms with Gasteiger partial charge in [-0.25, -0.2) is 4.99 Å². The van der Waals surface area contributed by atoms with Gasteiger partial charge in [-0.15, -0.1) is 0 Å². The molecule has 1 aliphatic heterocycles. The van der Waals surface area contributed by atoms with Crippen LogP contribution in [-0.4, -0.2) is 28.5 Å². The highest BCUT2D eigenvalue weighted by atomic mass is 35.5. The topological polar surface area (TPSA) is 63.9 Å². The first-order chi connectivity index (χ1) is 19.8. The smallest absolute Gasteiger partial charge is 0.271 e. The molecule has 0 radical (unpaired) electrons. The van der Waals surface area contributed by atoms with Crippen molar-refractivity contribution in [3.63, 3.8) is 0 Å². The molecule has 5 rings (SSSR count). The summed E-state index contributed by atoms with van der Waals surface area (Å²) in [5, 5.41) is 1.21. The Bertz CT molecular complexity index is 1800. The molecule has 210 valence electrons. The minimum Gasteiger partial charge on any atom is -0.488 e. The lowest BCUT2D eigenvalue weighted by Crippen LogP contribution is -2.43. The molecule has 2 heterocycles. The number of carbonyl (C=O) groups is 1. The van der Waals surface area contributed by atoms with E-state index in [9.17, 15) is 9.59 Å². The number of allylic oxidation sites excluding steroid dienone is 1. The molecular weight excluding hydrogens is 577 g/mol. The van der Waals surface area contributed by atoms with Crippen molar-refractivity contribution in [2.75, 3.05) is 13.1 Å². The Morgan fingerprint density at radius 3 is 2.41 bits per heavy atom. The lowest BCUT2D eigenvalue weighted by atomic mass is 9.94. The van der Waals surface area contributed by atoms with Crippen LogP contribution in [0, 0.1) is 0 Å². The SMILES string of the molecule is CCN(CC)C(=O)C1=C(C)N=c2s/c(=C/c3ccccc3OCc3ccccc3Cl)c(=O)n2[C@H]1c1ccc(Cl)cc1. The van der Waals surface area contributed by atoms with Crippen LogP contribution in [0.2, 0.25) is 10.0 Å². The Morgan fingerprint density at radius 2 is 1.71 bits per heavy atom. The van der Waals surface area contributed by atoms with Gasteiger partial charge in [-0.2, -0.15) is 0 Å². The van der Waals surface area contributed by atoms with Crippen molar-refractivity contribution in [3.05, 3.63) is 130 Å². The van der Waals surface area contributed by atoms with Crippen molar-refractivity contribution >= 4 is 46.5 Å². The summed E-state index contributed by atoms with van der Waals surface area (Å²) in [6.45, 7) is 7.10. The summed E-state index contributed by atoms with van der Waals surface area (Å²) in [6.07, 6.45) is 1.82. The first kappa shape index (κ1) is 28.9. The number of carbonyl (C=O) groups excluding carboxylic acids is 1. The minimum absolute atomic E-state index is 0.135. The van der Waals surface area contributed by atoms with Crippen LogP contribution in [0.4, 0.5) is 0 Å². The molecule has 41 heavy (non-hydrogen) atoms. The van der Waals surface area contributed by atoms with Crippen LogP contribution in [0.15, 0.2) is 93.9 Å². The van der Waals surface area contributed by atoms with Crippen molar-refractivity contribution in [1.82, 2.24) is 9.47 Å². The molecule has 4 aromatic rings. The number of benzene rings is 3. The van der Waals surface area contributed by atoms with E-state index >= 15 is 0 Å². The van der Waals surface area contributed by atoms with Gasteiger partial charge >= 0.3 is 0 Å². The molecule has 9 heteroatoms. The maximum absolute atomic E-state index is 14.0. The third kappa shape index (κ3) is 5.89. The van der Waals surface area contributed by atoms with Gasteiger partial charge in [-0.1, -0.05) is 83.1 Å². The van der Waals surface area contributed by atoms with Gasteiger partial charge in [0, 0.05) is 34.3 Å². The van der Waals surface area contributed by atoms with Crippen LogP contribution in [-0.2, 0) is 11.4 Å². The summed E-state index contributed by atoms with van der Waals surface area (Å²) >= 11 is 13.8. The zero-order valence-corrected chi connectivity index (χ0v) is 25.3. The van der Waals surface area contributed by atoms with Crippen LogP contribution in [0.5, 0.6) is 5.75 Å². The molecular formula is C32H29Cl2N3O3S. The quantitative estimate of drug-likeness (QED) is 0.248. The first-order valence-electron chi connectivity index (χ1n) is 13.3. The molecule has 1 amide bonds. The second kappa shape index (κ2) is 12.5. The van der Waals surface area contributed by atoms with Gasteiger partial charge in [0.05, 0.1) is 21.8 Å². The Labute approximate surface area is 252 Å². The molecule has 0 aliphatic carbocycles. The summed E-state index contributed by atoms with van der Waals surface area (Å²) in [5.41, 5.74) is 3.26. The van der Waals surface area contributed by atoms with E-state index in [0.29, 0.717) is 56.1 Å². The van der Waals surface area contributed by atoms with Crippen molar-refractivity contribution < 1.29 is 9.53 Å². The molecule has 1 atom stereocenters. The summed E-state index contributed by atoms with van der Waals surface area (Å²) in [5.74, 6) is 0.491. The Balaban J connectivity index is 1.61. The van der Waals surface area contributed by atoms with Crippen molar-refractivity contribution in [2.24, 2.45) is 4.99 Å². The fourth-order valence-corrected chi connectivity index (χ4v) is 6.23. The molecule has 3 aromatic carbocycles. The number of hydrogen-bond acceptors (Lipinski definition) is 5. The van der Waals surface area contributed by atoms with Gasteiger partial charge in [0.15, 0.2) is 4.80 Å². The van der Waals surface area contributed by atoms with Gasteiger partial charge in [0.25, 0.3) is 11.5 Å². The second-order valence-corrected chi connectivity index (χ2v) is 11.4. The standard InChI is InChI=1S/C32H29Cl2N3O3S/c1-4-36(5-2)31(39)28-20(3)35-32-37(29(28)21-14-16-24(33)17-15-21)30(38)27(41-32)18-22-10-7-9-13-26(22)40-19-23-11-6-8-12-25(23)34/h6-18,29H,4-5,19H2,1-3H3/b27-18+/t29-/m0/s1.